The first kappa shape index (κ1) is 21.8. The second kappa shape index (κ2) is 9.71. The molecule has 0 spiro atoms. The number of nitrogens with one attached hydrogen (secondary N) is 1. The van der Waals surface area contributed by atoms with E-state index in [0.717, 1.165) is 48.4 Å². The molecule has 0 atom stereocenters. The molecule has 3 rings (SSSR count). The van der Waals surface area contributed by atoms with Gasteiger partial charge in [0.1, 0.15) is 4.21 Å². The summed E-state index contributed by atoms with van der Waals surface area (Å²) >= 11 is 1.15. The number of carbonyl (C=O) groups excluding carboxylic acids is 1. The van der Waals surface area contributed by atoms with Gasteiger partial charge in [-0.15, -0.1) is 11.3 Å². The number of likely N-dealkylation sites (N-methyl/N-ethyl adjacent to an activating group) is 1. The van der Waals surface area contributed by atoms with Crippen molar-refractivity contribution in [1.82, 2.24) is 14.5 Å². The molecule has 9 heteroatoms. The van der Waals surface area contributed by atoms with Crippen molar-refractivity contribution in [2.45, 2.75) is 11.1 Å². The van der Waals surface area contributed by atoms with Crippen LogP contribution in [0.2, 0.25) is 0 Å². The fourth-order valence-corrected chi connectivity index (χ4v) is 5.64. The van der Waals surface area contributed by atoms with E-state index in [0.29, 0.717) is 6.54 Å². The standard InChI is InChI=1S/C20H28N4O3S2/c1-17-5-3-6-18(15-17)24-12-10-23(11-13-24)9-8-21-19(25)16-22(2)29(26,27)20-7-4-14-28-20/h3-7,14-15H,8-13,16H2,1-2H3,(H,21,25). The van der Waals surface area contributed by atoms with Crippen LogP contribution in [0.15, 0.2) is 46.0 Å². The highest BCUT2D eigenvalue weighted by molar-refractivity contribution is 7.91. The molecule has 0 unspecified atom stereocenters. The number of carbonyl (C=O) groups is 1. The molecule has 0 saturated carbocycles. The number of hydrogen-bond acceptors (Lipinski definition) is 6. The summed E-state index contributed by atoms with van der Waals surface area (Å²) in [5.41, 5.74) is 2.52. The van der Waals surface area contributed by atoms with Gasteiger partial charge in [0, 0.05) is 52.0 Å². The molecule has 1 saturated heterocycles. The molecule has 0 bridgehead atoms. The lowest BCUT2D eigenvalue weighted by Gasteiger charge is -2.36. The summed E-state index contributed by atoms with van der Waals surface area (Å²) in [6, 6.07) is 11.8. The Kier molecular flexibility index (Phi) is 7.28. The maximum Gasteiger partial charge on any atom is 0.252 e. The molecule has 1 aromatic carbocycles. The normalized spacial score (nSPS) is 15.6. The van der Waals surface area contributed by atoms with Crippen molar-refractivity contribution in [3.05, 3.63) is 47.3 Å². The Morgan fingerprint density at radius 2 is 1.93 bits per heavy atom. The summed E-state index contributed by atoms with van der Waals surface area (Å²) < 4.78 is 26.1. The summed E-state index contributed by atoms with van der Waals surface area (Å²) in [6.07, 6.45) is 0. The van der Waals surface area contributed by atoms with Crippen LogP contribution in [0.1, 0.15) is 5.56 Å². The Hall–Kier alpha value is -1.94. The Morgan fingerprint density at radius 1 is 1.17 bits per heavy atom. The van der Waals surface area contributed by atoms with Crippen molar-refractivity contribution in [3.63, 3.8) is 0 Å². The first-order valence-electron chi connectivity index (χ1n) is 9.67. The van der Waals surface area contributed by atoms with Crippen molar-refractivity contribution >= 4 is 33.0 Å². The maximum atomic E-state index is 12.4. The third-order valence-electron chi connectivity index (χ3n) is 5.02. The first-order valence-corrected chi connectivity index (χ1v) is 12.0. The Morgan fingerprint density at radius 3 is 2.59 bits per heavy atom. The average Bonchev–Trinajstić information content (AvgIpc) is 3.24. The van der Waals surface area contributed by atoms with Gasteiger partial charge in [-0.25, -0.2) is 8.42 Å². The fraction of sp³-hybridized carbons (Fsp3) is 0.450. The van der Waals surface area contributed by atoms with Gasteiger partial charge in [0.15, 0.2) is 0 Å². The second-order valence-corrected chi connectivity index (χ2v) is 10.4. The molecule has 0 radical (unpaired) electrons. The van der Waals surface area contributed by atoms with Crippen LogP contribution >= 0.6 is 11.3 Å². The highest BCUT2D eigenvalue weighted by Gasteiger charge is 2.24. The lowest BCUT2D eigenvalue weighted by molar-refractivity contribution is -0.121. The average molecular weight is 437 g/mol. The van der Waals surface area contributed by atoms with E-state index in [4.69, 9.17) is 0 Å². The lowest BCUT2D eigenvalue weighted by atomic mass is 10.2. The number of anilines is 1. The van der Waals surface area contributed by atoms with E-state index >= 15 is 0 Å². The molecule has 2 aromatic rings. The van der Waals surface area contributed by atoms with Gasteiger partial charge in [-0.2, -0.15) is 4.31 Å². The van der Waals surface area contributed by atoms with E-state index in [1.54, 1.807) is 17.5 Å². The Bertz CT molecular complexity index is 908. The second-order valence-electron chi connectivity index (χ2n) is 7.21. The number of nitrogens with zero attached hydrogens (tertiary/aromatic N) is 3. The first-order chi connectivity index (χ1) is 13.9. The minimum atomic E-state index is -3.60. The summed E-state index contributed by atoms with van der Waals surface area (Å²) in [7, 11) is -2.17. The van der Waals surface area contributed by atoms with Gasteiger partial charge >= 0.3 is 0 Å². The Labute approximate surface area is 177 Å². The van der Waals surface area contributed by atoms with Crippen LogP contribution in [-0.4, -0.2) is 76.4 Å². The molecular weight excluding hydrogens is 408 g/mol. The molecule has 0 aliphatic carbocycles. The van der Waals surface area contributed by atoms with Gasteiger partial charge in [-0.1, -0.05) is 18.2 Å². The van der Waals surface area contributed by atoms with Crippen molar-refractivity contribution in [2.24, 2.45) is 0 Å². The molecule has 29 heavy (non-hydrogen) atoms. The molecular formula is C20H28N4O3S2. The molecule has 7 nitrogen and oxygen atoms in total. The SMILES string of the molecule is Cc1cccc(N2CCN(CCNC(=O)CN(C)S(=O)(=O)c3cccs3)CC2)c1. The van der Waals surface area contributed by atoms with Crippen LogP contribution in [-0.2, 0) is 14.8 Å². The zero-order valence-electron chi connectivity index (χ0n) is 16.9. The number of rotatable bonds is 8. The molecule has 1 N–H and O–H groups in total. The van der Waals surface area contributed by atoms with E-state index in [9.17, 15) is 13.2 Å². The summed E-state index contributed by atoms with van der Waals surface area (Å²) in [6.45, 7) is 6.99. The predicted molar refractivity (Wildman–Crippen MR) is 117 cm³/mol. The molecule has 1 aliphatic rings. The third-order valence-corrected chi connectivity index (χ3v) is 8.19. The number of hydrogen-bond donors (Lipinski definition) is 1. The zero-order valence-corrected chi connectivity index (χ0v) is 18.5. The minimum absolute atomic E-state index is 0.179. The number of thiophene rings is 1. The highest BCUT2D eigenvalue weighted by atomic mass is 32.2. The number of aryl methyl sites for hydroxylation is 1. The van der Waals surface area contributed by atoms with Gasteiger partial charge in [0.2, 0.25) is 5.91 Å². The minimum Gasteiger partial charge on any atom is -0.369 e. The third kappa shape index (κ3) is 5.79. The van der Waals surface area contributed by atoms with Gasteiger partial charge in [-0.3, -0.25) is 9.69 Å². The number of benzene rings is 1. The van der Waals surface area contributed by atoms with E-state index < -0.39 is 10.0 Å². The maximum absolute atomic E-state index is 12.4. The number of sulfonamides is 1. The smallest absolute Gasteiger partial charge is 0.252 e. The van der Waals surface area contributed by atoms with E-state index in [-0.39, 0.29) is 16.7 Å². The Balaban J connectivity index is 1.38. The number of amides is 1. The van der Waals surface area contributed by atoms with Gasteiger partial charge < -0.3 is 10.2 Å². The van der Waals surface area contributed by atoms with Crippen LogP contribution in [0.5, 0.6) is 0 Å². The summed E-state index contributed by atoms with van der Waals surface area (Å²) in [5.74, 6) is -0.286. The molecule has 1 aliphatic heterocycles. The van der Waals surface area contributed by atoms with Crippen LogP contribution in [0.3, 0.4) is 0 Å². The molecule has 1 fully saturated rings. The molecule has 158 valence electrons. The van der Waals surface area contributed by atoms with Gasteiger partial charge in [0.05, 0.1) is 6.54 Å². The molecule has 1 aromatic heterocycles. The number of piperazine rings is 1. The van der Waals surface area contributed by atoms with Gasteiger partial charge in [-0.05, 0) is 36.1 Å². The zero-order chi connectivity index (χ0) is 20.9. The van der Waals surface area contributed by atoms with E-state index in [1.165, 1.54) is 18.3 Å². The van der Waals surface area contributed by atoms with E-state index in [2.05, 4.69) is 46.3 Å². The summed E-state index contributed by atoms with van der Waals surface area (Å²) in [4.78, 5) is 16.8. The van der Waals surface area contributed by atoms with Crippen molar-refractivity contribution in [2.75, 3.05) is 57.8 Å². The fourth-order valence-electron chi connectivity index (χ4n) is 3.31. The highest BCUT2D eigenvalue weighted by Crippen LogP contribution is 2.19. The van der Waals surface area contributed by atoms with Crippen LogP contribution in [0.4, 0.5) is 5.69 Å². The van der Waals surface area contributed by atoms with Crippen molar-refractivity contribution in [1.29, 1.82) is 0 Å². The summed E-state index contributed by atoms with van der Waals surface area (Å²) in [5, 5.41) is 4.54. The quantitative estimate of drug-likeness (QED) is 0.681. The van der Waals surface area contributed by atoms with Gasteiger partial charge in [0.25, 0.3) is 10.0 Å². The van der Waals surface area contributed by atoms with E-state index in [1.807, 2.05) is 0 Å². The topological polar surface area (TPSA) is 73.0 Å². The molecule has 2 heterocycles. The lowest BCUT2D eigenvalue weighted by Crippen LogP contribution is -2.49. The predicted octanol–water partition coefficient (Wildman–Crippen LogP) is 1.62. The molecule has 1 amide bonds. The van der Waals surface area contributed by atoms with Crippen molar-refractivity contribution < 1.29 is 13.2 Å². The van der Waals surface area contributed by atoms with Crippen LogP contribution in [0, 0.1) is 6.92 Å². The van der Waals surface area contributed by atoms with Crippen LogP contribution < -0.4 is 10.2 Å². The largest absolute Gasteiger partial charge is 0.369 e. The monoisotopic (exact) mass is 436 g/mol. The van der Waals surface area contributed by atoms with Crippen LogP contribution in [0.25, 0.3) is 0 Å². The van der Waals surface area contributed by atoms with Crippen molar-refractivity contribution in [3.8, 4) is 0 Å².